The fraction of sp³-hybridized carbons (Fsp3) is 0.500. The number of rotatable bonds is 4. The van der Waals surface area contributed by atoms with Crippen LogP contribution in [-0.2, 0) is 6.18 Å². The molecule has 1 atom stereocenters. The van der Waals surface area contributed by atoms with E-state index in [2.05, 4.69) is 9.72 Å². The van der Waals surface area contributed by atoms with Crippen LogP contribution in [-0.4, -0.2) is 41.4 Å². The van der Waals surface area contributed by atoms with Crippen molar-refractivity contribution in [2.45, 2.75) is 24.9 Å². The van der Waals surface area contributed by atoms with Crippen molar-refractivity contribution < 1.29 is 41.0 Å². The lowest BCUT2D eigenvalue weighted by atomic mass is 10.1. The normalized spacial score (nSPS) is 14.8. The van der Waals surface area contributed by atoms with Crippen molar-refractivity contribution in [1.82, 2.24) is 10.3 Å². The van der Waals surface area contributed by atoms with Gasteiger partial charge >= 0.3 is 12.4 Å². The first-order valence-electron chi connectivity index (χ1n) is 6.31. The van der Waals surface area contributed by atoms with E-state index in [1.807, 2.05) is 0 Å². The van der Waals surface area contributed by atoms with Gasteiger partial charge in [0.2, 0.25) is 5.88 Å². The number of carbonyl (C=O) groups excluding carboxylic acids is 1. The zero-order chi connectivity index (χ0) is 19.8. The Kier molecular flexibility index (Phi) is 5.69. The summed E-state index contributed by atoms with van der Waals surface area (Å²) in [5.41, 5.74) is -1.27. The standard InChI is InChI=1S/C12H12ClF6N3O3/c1-10(24,12(17,18)19)3-21-8(23)7-6(20)5(13)4(11(14,15)16)9(22-7)25-2/h24H,3,20H2,1-2H3,(H,21,23). The molecule has 0 aromatic carbocycles. The minimum absolute atomic E-state index is 0.393. The van der Waals surface area contributed by atoms with Crippen LogP contribution in [0.5, 0.6) is 5.88 Å². The van der Waals surface area contributed by atoms with Crippen LogP contribution >= 0.6 is 11.6 Å². The maximum atomic E-state index is 12.9. The summed E-state index contributed by atoms with van der Waals surface area (Å²) in [6, 6.07) is 0. The Balaban J connectivity index is 3.23. The van der Waals surface area contributed by atoms with Gasteiger partial charge in [0.05, 0.1) is 24.4 Å². The van der Waals surface area contributed by atoms with Crippen LogP contribution in [0.25, 0.3) is 0 Å². The van der Waals surface area contributed by atoms with Crippen molar-refractivity contribution >= 4 is 23.2 Å². The number of methoxy groups -OCH3 is 1. The summed E-state index contributed by atoms with van der Waals surface area (Å²) in [6.07, 6.45) is -10.1. The van der Waals surface area contributed by atoms with Gasteiger partial charge in [0.1, 0.15) is 5.56 Å². The second-order valence-corrected chi connectivity index (χ2v) is 5.40. The summed E-state index contributed by atoms with van der Waals surface area (Å²) in [4.78, 5) is 15.1. The predicted octanol–water partition coefficient (Wildman–Crippen LogP) is 2.39. The van der Waals surface area contributed by atoms with Gasteiger partial charge in [-0.15, -0.1) is 0 Å². The third kappa shape index (κ3) is 4.37. The van der Waals surface area contributed by atoms with Gasteiger partial charge in [0.15, 0.2) is 11.3 Å². The first-order chi connectivity index (χ1) is 11.1. The van der Waals surface area contributed by atoms with Gasteiger partial charge < -0.3 is 20.9 Å². The SMILES string of the molecule is COc1nc(C(=O)NCC(C)(O)C(F)(F)F)c(N)c(Cl)c1C(F)(F)F. The number of nitrogens with two attached hydrogens (primary N) is 1. The molecule has 0 saturated heterocycles. The molecule has 1 rings (SSSR count). The topological polar surface area (TPSA) is 97.5 Å². The van der Waals surface area contributed by atoms with Crippen LogP contribution in [0.15, 0.2) is 0 Å². The fourth-order valence-corrected chi connectivity index (χ4v) is 1.83. The molecule has 4 N–H and O–H groups in total. The van der Waals surface area contributed by atoms with E-state index < -0.39 is 58.3 Å². The van der Waals surface area contributed by atoms with Crippen molar-refractivity contribution in [1.29, 1.82) is 0 Å². The number of nitrogens with zero attached hydrogens (tertiary/aromatic N) is 1. The molecule has 0 aliphatic carbocycles. The molecular weight excluding hydrogens is 384 g/mol. The minimum atomic E-state index is -5.06. The molecule has 0 aliphatic rings. The van der Waals surface area contributed by atoms with Gasteiger partial charge in [0, 0.05) is 0 Å². The average molecular weight is 396 g/mol. The molecule has 142 valence electrons. The molecule has 1 amide bonds. The Morgan fingerprint density at radius 3 is 2.24 bits per heavy atom. The summed E-state index contributed by atoms with van der Waals surface area (Å²) in [7, 11) is 0.820. The zero-order valence-electron chi connectivity index (χ0n) is 12.6. The van der Waals surface area contributed by atoms with Crippen LogP contribution in [0.4, 0.5) is 32.0 Å². The molecule has 0 radical (unpaired) electrons. The van der Waals surface area contributed by atoms with Gasteiger partial charge in [-0.1, -0.05) is 11.6 Å². The number of aromatic nitrogens is 1. The lowest BCUT2D eigenvalue weighted by Gasteiger charge is -2.26. The highest BCUT2D eigenvalue weighted by Crippen LogP contribution is 2.43. The number of hydrogen-bond acceptors (Lipinski definition) is 5. The van der Waals surface area contributed by atoms with Gasteiger partial charge in [-0.2, -0.15) is 26.3 Å². The van der Waals surface area contributed by atoms with Gasteiger partial charge in [-0.3, -0.25) is 4.79 Å². The van der Waals surface area contributed by atoms with E-state index in [9.17, 15) is 36.2 Å². The molecule has 13 heteroatoms. The number of halogens is 7. The molecular formula is C12H12ClF6N3O3. The first kappa shape index (κ1) is 21.1. The number of alkyl halides is 6. The summed E-state index contributed by atoms with van der Waals surface area (Å²) in [5.74, 6) is -2.46. The summed E-state index contributed by atoms with van der Waals surface area (Å²) in [6.45, 7) is -0.901. The highest BCUT2D eigenvalue weighted by Gasteiger charge is 2.50. The van der Waals surface area contributed by atoms with Gasteiger partial charge in [0.25, 0.3) is 5.91 Å². The number of hydrogen-bond donors (Lipinski definition) is 3. The molecule has 0 saturated carbocycles. The lowest BCUT2D eigenvalue weighted by molar-refractivity contribution is -0.249. The van der Waals surface area contributed by atoms with Crippen molar-refractivity contribution in [2.24, 2.45) is 0 Å². The van der Waals surface area contributed by atoms with Crippen LogP contribution in [0.3, 0.4) is 0 Å². The smallest absolute Gasteiger partial charge is 0.423 e. The molecule has 1 aromatic heterocycles. The number of nitrogen functional groups attached to an aromatic ring is 1. The number of amides is 1. The Labute approximate surface area is 141 Å². The first-order valence-corrected chi connectivity index (χ1v) is 6.68. The Morgan fingerprint density at radius 2 is 1.84 bits per heavy atom. The average Bonchev–Trinajstić information content (AvgIpc) is 2.44. The van der Waals surface area contributed by atoms with Crippen molar-refractivity contribution in [2.75, 3.05) is 19.4 Å². The van der Waals surface area contributed by atoms with Gasteiger partial charge in [-0.05, 0) is 6.92 Å². The fourth-order valence-electron chi connectivity index (χ4n) is 1.55. The minimum Gasteiger partial charge on any atom is -0.481 e. The monoisotopic (exact) mass is 395 g/mol. The Hall–Kier alpha value is -1.95. The van der Waals surface area contributed by atoms with Crippen LogP contribution in [0.2, 0.25) is 5.02 Å². The molecule has 0 aliphatic heterocycles. The molecule has 1 heterocycles. The van der Waals surface area contributed by atoms with E-state index in [1.165, 1.54) is 0 Å². The summed E-state index contributed by atoms with van der Waals surface area (Å²) in [5, 5.41) is 9.82. The second-order valence-electron chi connectivity index (χ2n) is 5.02. The van der Waals surface area contributed by atoms with E-state index in [4.69, 9.17) is 17.3 Å². The highest BCUT2D eigenvalue weighted by atomic mass is 35.5. The number of nitrogens with one attached hydrogen (secondary N) is 1. The van der Waals surface area contributed by atoms with Crippen LogP contribution in [0.1, 0.15) is 23.0 Å². The van der Waals surface area contributed by atoms with Gasteiger partial charge in [-0.25, -0.2) is 4.98 Å². The number of aliphatic hydroxyl groups is 1. The van der Waals surface area contributed by atoms with Crippen molar-refractivity contribution in [3.8, 4) is 5.88 Å². The van der Waals surface area contributed by atoms with E-state index in [-0.39, 0.29) is 0 Å². The lowest BCUT2D eigenvalue weighted by Crippen LogP contribution is -2.51. The summed E-state index contributed by atoms with van der Waals surface area (Å²) >= 11 is 5.50. The van der Waals surface area contributed by atoms with E-state index in [0.717, 1.165) is 7.11 Å². The van der Waals surface area contributed by atoms with Crippen molar-refractivity contribution in [3.63, 3.8) is 0 Å². The third-order valence-electron chi connectivity index (χ3n) is 3.03. The zero-order valence-corrected chi connectivity index (χ0v) is 13.4. The number of pyridine rings is 1. The van der Waals surface area contributed by atoms with E-state index >= 15 is 0 Å². The Bertz CT molecular complexity index is 676. The van der Waals surface area contributed by atoms with E-state index in [1.54, 1.807) is 5.32 Å². The van der Waals surface area contributed by atoms with Crippen molar-refractivity contribution in [3.05, 3.63) is 16.3 Å². The van der Waals surface area contributed by atoms with Crippen LogP contribution in [0, 0.1) is 0 Å². The Morgan fingerprint density at radius 1 is 1.32 bits per heavy atom. The third-order valence-corrected chi connectivity index (χ3v) is 3.43. The largest absolute Gasteiger partial charge is 0.481 e. The number of ether oxygens (including phenoxy) is 1. The second kappa shape index (κ2) is 6.75. The predicted molar refractivity (Wildman–Crippen MR) is 74.2 cm³/mol. The maximum Gasteiger partial charge on any atom is 0.423 e. The molecule has 25 heavy (non-hydrogen) atoms. The molecule has 0 fully saturated rings. The molecule has 6 nitrogen and oxygen atoms in total. The molecule has 0 spiro atoms. The molecule has 1 aromatic rings. The number of carbonyl (C=O) groups is 1. The number of anilines is 1. The quantitative estimate of drug-likeness (QED) is 0.680. The summed E-state index contributed by atoms with van der Waals surface area (Å²) < 4.78 is 80.8. The van der Waals surface area contributed by atoms with Crippen LogP contribution < -0.4 is 15.8 Å². The van der Waals surface area contributed by atoms with E-state index in [0.29, 0.717) is 6.92 Å². The highest BCUT2D eigenvalue weighted by molar-refractivity contribution is 6.34. The maximum absolute atomic E-state index is 12.9. The molecule has 0 bridgehead atoms. The molecule has 1 unspecified atom stereocenters.